The summed E-state index contributed by atoms with van der Waals surface area (Å²) in [7, 11) is 0. The summed E-state index contributed by atoms with van der Waals surface area (Å²) < 4.78 is 10.4. The number of nitrogens with one attached hydrogen (secondary N) is 1. The standard InChI is InChI=1S/C19H19N3O5S/c1-2-26-17(24)8-22-14-7-12(5-6-15(14)27-9-16(22)23)13-10-28-19(20-13)21-18(25)11-3-4-11/h5-7,10-11H,2-4,8-9H2,1H3,(H,20,21,25). The quantitative estimate of drug-likeness (QED) is 0.747. The topological polar surface area (TPSA) is 97.8 Å². The molecule has 146 valence electrons. The average molecular weight is 401 g/mol. The Bertz CT molecular complexity index is 937. The molecule has 0 spiro atoms. The van der Waals surface area contributed by atoms with E-state index in [0.717, 1.165) is 18.4 Å². The Hall–Kier alpha value is -2.94. The van der Waals surface area contributed by atoms with Crippen molar-refractivity contribution in [1.29, 1.82) is 0 Å². The number of nitrogens with zero attached hydrogens (tertiary/aromatic N) is 2. The van der Waals surface area contributed by atoms with Gasteiger partial charge in [-0.3, -0.25) is 19.3 Å². The fourth-order valence-electron chi connectivity index (χ4n) is 2.89. The van der Waals surface area contributed by atoms with Crippen LogP contribution in [0.15, 0.2) is 23.6 Å². The molecule has 8 nitrogen and oxygen atoms in total. The van der Waals surface area contributed by atoms with Crippen molar-refractivity contribution in [2.24, 2.45) is 5.92 Å². The number of hydrogen-bond acceptors (Lipinski definition) is 7. The minimum Gasteiger partial charge on any atom is -0.482 e. The van der Waals surface area contributed by atoms with E-state index < -0.39 is 5.97 Å². The molecule has 2 aromatic rings. The number of ether oxygens (including phenoxy) is 2. The maximum absolute atomic E-state index is 12.3. The summed E-state index contributed by atoms with van der Waals surface area (Å²) in [5, 5.41) is 5.21. The molecule has 1 aromatic carbocycles. The molecule has 1 aliphatic heterocycles. The molecule has 1 saturated carbocycles. The lowest BCUT2D eigenvalue weighted by Gasteiger charge is -2.28. The molecule has 28 heavy (non-hydrogen) atoms. The summed E-state index contributed by atoms with van der Waals surface area (Å²) in [5.41, 5.74) is 1.93. The Morgan fingerprint density at radius 2 is 2.21 bits per heavy atom. The second kappa shape index (κ2) is 7.59. The van der Waals surface area contributed by atoms with Crippen LogP contribution in [-0.4, -0.2) is 42.5 Å². The largest absolute Gasteiger partial charge is 0.482 e. The Balaban J connectivity index is 1.57. The van der Waals surface area contributed by atoms with Gasteiger partial charge in [0.25, 0.3) is 5.91 Å². The van der Waals surface area contributed by atoms with Crippen LogP contribution in [0.5, 0.6) is 5.75 Å². The van der Waals surface area contributed by atoms with Crippen molar-refractivity contribution in [2.45, 2.75) is 19.8 Å². The molecular formula is C19H19N3O5S. The Morgan fingerprint density at radius 1 is 1.39 bits per heavy atom. The van der Waals surface area contributed by atoms with Crippen LogP contribution in [0.4, 0.5) is 10.8 Å². The number of carbonyl (C=O) groups is 3. The number of hydrogen-bond donors (Lipinski definition) is 1. The summed E-state index contributed by atoms with van der Waals surface area (Å²) in [6.07, 6.45) is 1.86. The molecule has 0 bridgehead atoms. The van der Waals surface area contributed by atoms with E-state index in [9.17, 15) is 14.4 Å². The number of rotatable bonds is 6. The normalized spacial score (nSPS) is 15.6. The molecule has 0 unspecified atom stereocenters. The maximum Gasteiger partial charge on any atom is 0.326 e. The smallest absolute Gasteiger partial charge is 0.326 e. The monoisotopic (exact) mass is 401 g/mol. The number of carbonyl (C=O) groups excluding carboxylic acids is 3. The van der Waals surface area contributed by atoms with Gasteiger partial charge in [0.05, 0.1) is 18.0 Å². The summed E-state index contributed by atoms with van der Waals surface area (Å²) in [6, 6.07) is 5.34. The van der Waals surface area contributed by atoms with Crippen molar-refractivity contribution < 1.29 is 23.9 Å². The first-order chi connectivity index (χ1) is 13.5. The van der Waals surface area contributed by atoms with Crippen LogP contribution in [0.1, 0.15) is 19.8 Å². The zero-order valence-electron chi connectivity index (χ0n) is 15.3. The first kappa shape index (κ1) is 18.4. The predicted molar refractivity (Wildman–Crippen MR) is 103 cm³/mol. The minimum atomic E-state index is -0.479. The second-order valence-corrected chi connectivity index (χ2v) is 7.42. The molecule has 0 atom stereocenters. The van der Waals surface area contributed by atoms with E-state index in [1.54, 1.807) is 19.1 Å². The van der Waals surface area contributed by atoms with Gasteiger partial charge in [0.2, 0.25) is 5.91 Å². The average Bonchev–Trinajstić information content (AvgIpc) is 3.44. The summed E-state index contributed by atoms with van der Waals surface area (Å²) >= 11 is 1.34. The number of anilines is 2. The van der Waals surface area contributed by atoms with Crippen LogP contribution < -0.4 is 15.0 Å². The molecule has 2 heterocycles. The SMILES string of the molecule is CCOC(=O)CN1C(=O)COc2ccc(-c3csc(NC(=O)C4CC4)n3)cc21. The second-order valence-electron chi connectivity index (χ2n) is 6.56. The molecule has 2 aliphatic rings. The van der Waals surface area contributed by atoms with Crippen molar-refractivity contribution in [2.75, 3.05) is 30.0 Å². The van der Waals surface area contributed by atoms with E-state index in [2.05, 4.69) is 10.3 Å². The van der Waals surface area contributed by atoms with Crippen LogP contribution in [0.2, 0.25) is 0 Å². The highest BCUT2D eigenvalue weighted by Crippen LogP contribution is 2.37. The number of amides is 2. The molecule has 1 N–H and O–H groups in total. The minimum absolute atomic E-state index is 0.00551. The van der Waals surface area contributed by atoms with Crippen LogP contribution in [0.25, 0.3) is 11.3 Å². The molecule has 1 fully saturated rings. The number of benzene rings is 1. The third-order valence-electron chi connectivity index (χ3n) is 4.47. The summed E-state index contributed by atoms with van der Waals surface area (Å²) in [5.74, 6) is -0.159. The molecule has 1 aromatic heterocycles. The van der Waals surface area contributed by atoms with E-state index in [-0.39, 0.29) is 37.5 Å². The van der Waals surface area contributed by atoms with E-state index in [4.69, 9.17) is 9.47 Å². The molecule has 1 aliphatic carbocycles. The van der Waals surface area contributed by atoms with Gasteiger partial charge < -0.3 is 14.8 Å². The third-order valence-corrected chi connectivity index (χ3v) is 5.23. The Labute approximate surface area is 165 Å². The van der Waals surface area contributed by atoms with Gasteiger partial charge in [0.15, 0.2) is 11.7 Å². The van der Waals surface area contributed by atoms with Gasteiger partial charge in [-0.05, 0) is 38.0 Å². The van der Waals surface area contributed by atoms with Gasteiger partial charge in [0.1, 0.15) is 12.3 Å². The third kappa shape index (κ3) is 3.84. The lowest BCUT2D eigenvalue weighted by Crippen LogP contribution is -2.42. The summed E-state index contributed by atoms with van der Waals surface area (Å²) in [4.78, 5) is 41.9. The van der Waals surface area contributed by atoms with E-state index in [1.807, 2.05) is 11.4 Å². The molecule has 4 rings (SSSR count). The van der Waals surface area contributed by atoms with Gasteiger partial charge >= 0.3 is 5.97 Å². The van der Waals surface area contributed by atoms with Crippen LogP contribution in [0.3, 0.4) is 0 Å². The van der Waals surface area contributed by atoms with Crippen molar-refractivity contribution in [3.63, 3.8) is 0 Å². The fraction of sp³-hybridized carbons (Fsp3) is 0.368. The highest BCUT2D eigenvalue weighted by Gasteiger charge is 2.30. The number of esters is 1. The van der Waals surface area contributed by atoms with Crippen molar-refractivity contribution in [3.8, 4) is 17.0 Å². The first-order valence-electron chi connectivity index (χ1n) is 9.04. The van der Waals surface area contributed by atoms with Crippen molar-refractivity contribution in [1.82, 2.24) is 4.98 Å². The van der Waals surface area contributed by atoms with Gasteiger partial charge in [-0.2, -0.15) is 0 Å². The summed E-state index contributed by atoms with van der Waals surface area (Å²) in [6.45, 7) is 1.66. The van der Waals surface area contributed by atoms with Crippen molar-refractivity contribution >= 4 is 39.9 Å². The van der Waals surface area contributed by atoms with E-state index in [1.165, 1.54) is 16.2 Å². The number of thiazole rings is 1. The van der Waals surface area contributed by atoms with Crippen molar-refractivity contribution in [3.05, 3.63) is 23.6 Å². The highest BCUT2D eigenvalue weighted by atomic mass is 32.1. The van der Waals surface area contributed by atoms with E-state index in [0.29, 0.717) is 22.3 Å². The van der Waals surface area contributed by atoms with Crippen LogP contribution in [0, 0.1) is 5.92 Å². The number of fused-ring (bicyclic) bond motifs is 1. The zero-order chi connectivity index (χ0) is 19.7. The predicted octanol–water partition coefficient (Wildman–Crippen LogP) is 2.45. The fourth-order valence-corrected chi connectivity index (χ4v) is 3.61. The van der Waals surface area contributed by atoms with Crippen LogP contribution in [-0.2, 0) is 19.1 Å². The zero-order valence-corrected chi connectivity index (χ0v) is 16.1. The Kier molecular flexibility index (Phi) is 4.99. The molecular weight excluding hydrogens is 382 g/mol. The Morgan fingerprint density at radius 3 is 2.96 bits per heavy atom. The molecule has 0 radical (unpaired) electrons. The van der Waals surface area contributed by atoms with Gasteiger partial charge in [-0.15, -0.1) is 11.3 Å². The molecule has 0 saturated heterocycles. The molecule has 2 amide bonds. The molecule has 9 heteroatoms. The maximum atomic E-state index is 12.3. The van der Waals surface area contributed by atoms with Gasteiger partial charge in [-0.25, -0.2) is 4.98 Å². The first-order valence-corrected chi connectivity index (χ1v) is 9.92. The van der Waals surface area contributed by atoms with E-state index >= 15 is 0 Å². The van der Waals surface area contributed by atoms with Crippen LogP contribution >= 0.6 is 11.3 Å². The highest BCUT2D eigenvalue weighted by molar-refractivity contribution is 7.14. The van der Waals surface area contributed by atoms with Gasteiger partial charge in [0, 0.05) is 16.9 Å². The lowest BCUT2D eigenvalue weighted by atomic mass is 10.1. The van der Waals surface area contributed by atoms with Gasteiger partial charge in [-0.1, -0.05) is 0 Å². The number of aromatic nitrogens is 1. The lowest BCUT2D eigenvalue weighted by molar-refractivity contribution is -0.142.